The summed E-state index contributed by atoms with van der Waals surface area (Å²) in [6.07, 6.45) is 5.38. The van der Waals surface area contributed by atoms with E-state index in [2.05, 4.69) is 14.5 Å². The Morgan fingerprint density at radius 2 is 2.12 bits per heavy atom. The summed E-state index contributed by atoms with van der Waals surface area (Å²) in [5, 5.41) is 0. The van der Waals surface area contributed by atoms with Crippen LogP contribution in [0.15, 0.2) is 30.6 Å². The van der Waals surface area contributed by atoms with Crippen LogP contribution in [0, 0.1) is 13.8 Å². The molecule has 4 heterocycles. The molecule has 1 saturated heterocycles. The van der Waals surface area contributed by atoms with Gasteiger partial charge in [0.1, 0.15) is 11.5 Å². The number of nitrogens with zero attached hydrogens (tertiary/aromatic N) is 5. The maximum absolute atomic E-state index is 12.8. The van der Waals surface area contributed by atoms with Gasteiger partial charge in [0.2, 0.25) is 5.91 Å². The number of imidazole rings is 2. The summed E-state index contributed by atoms with van der Waals surface area (Å²) >= 11 is 0. The third kappa shape index (κ3) is 2.81. The van der Waals surface area contributed by atoms with Crippen molar-refractivity contribution in [3.63, 3.8) is 0 Å². The minimum atomic E-state index is 0.169. The van der Waals surface area contributed by atoms with E-state index in [-0.39, 0.29) is 5.91 Å². The number of hydrogen-bond acceptors (Lipinski definition) is 3. The van der Waals surface area contributed by atoms with Crippen molar-refractivity contribution in [3.8, 4) is 0 Å². The third-order valence-corrected chi connectivity index (χ3v) is 5.09. The maximum Gasteiger partial charge on any atom is 0.228 e. The predicted octanol–water partition coefficient (Wildman–Crippen LogP) is 2.24. The van der Waals surface area contributed by atoms with E-state index in [0.717, 1.165) is 48.1 Å². The van der Waals surface area contributed by atoms with Crippen LogP contribution in [-0.4, -0.2) is 42.8 Å². The van der Waals surface area contributed by atoms with Crippen LogP contribution in [0.2, 0.25) is 0 Å². The lowest BCUT2D eigenvalue weighted by Gasteiger charge is -2.17. The van der Waals surface area contributed by atoms with Gasteiger partial charge in [-0.05, 0) is 32.4 Å². The van der Waals surface area contributed by atoms with E-state index in [1.165, 1.54) is 0 Å². The van der Waals surface area contributed by atoms with Crippen molar-refractivity contribution in [1.29, 1.82) is 0 Å². The Hall–Kier alpha value is -2.63. The first-order valence-corrected chi connectivity index (χ1v) is 8.73. The van der Waals surface area contributed by atoms with Crippen LogP contribution in [0.1, 0.15) is 35.2 Å². The van der Waals surface area contributed by atoms with Crippen LogP contribution in [0.4, 0.5) is 0 Å². The summed E-state index contributed by atoms with van der Waals surface area (Å²) in [5.41, 5.74) is 3.83. The number of hydrogen-bond donors (Lipinski definition) is 0. The molecule has 0 unspecified atom stereocenters. The van der Waals surface area contributed by atoms with Gasteiger partial charge in [0.05, 0.1) is 23.5 Å². The van der Waals surface area contributed by atoms with Gasteiger partial charge in [0, 0.05) is 38.4 Å². The van der Waals surface area contributed by atoms with Gasteiger partial charge in [-0.1, -0.05) is 6.07 Å². The standard InChI is InChI=1S/C19H23N5O/c1-13-11-22(3)19(20-13)15-7-9-23(12-15)18(25)10-16-14(2)21-17-6-4-5-8-24(16)17/h4-6,8,11,15H,7,9-10,12H2,1-3H3/t15-/m1/s1. The summed E-state index contributed by atoms with van der Waals surface area (Å²) in [6.45, 7) is 5.53. The molecule has 0 saturated carbocycles. The van der Waals surface area contributed by atoms with Crippen molar-refractivity contribution in [3.05, 3.63) is 53.5 Å². The normalized spacial score (nSPS) is 17.6. The van der Waals surface area contributed by atoms with Crippen LogP contribution in [0.25, 0.3) is 5.65 Å². The van der Waals surface area contributed by atoms with Crippen LogP contribution in [0.5, 0.6) is 0 Å². The highest BCUT2D eigenvalue weighted by atomic mass is 16.2. The molecule has 1 amide bonds. The Bertz CT molecular complexity index is 939. The highest BCUT2D eigenvalue weighted by Gasteiger charge is 2.30. The van der Waals surface area contributed by atoms with Gasteiger partial charge in [0.25, 0.3) is 0 Å². The Balaban J connectivity index is 1.50. The number of aromatic nitrogens is 4. The summed E-state index contributed by atoms with van der Waals surface area (Å²) in [6, 6.07) is 5.90. The number of amides is 1. The van der Waals surface area contributed by atoms with Gasteiger partial charge in [-0.3, -0.25) is 4.79 Å². The Morgan fingerprint density at radius 1 is 1.28 bits per heavy atom. The van der Waals surface area contributed by atoms with E-state index in [1.54, 1.807) is 0 Å². The molecule has 0 aromatic carbocycles. The van der Waals surface area contributed by atoms with Gasteiger partial charge in [0.15, 0.2) is 0 Å². The smallest absolute Gasteiger partial charge is 0.228 e. The summed E-state index contributed by atoms with van der Waals surface area (Å²) in [7, 11) is 2.03. The monoisotopic (exact) mass is 337 g/mol. The molecule has 0 spiro atoms. The molecule has 6 nitrogen and oxygen atoms in total. The number of carbonyl (C=O) groups excluding carboxylic acids is 1. The Kier molecular flexibility index (Phi) is 3.82. The second-order valence-electron chi connectivity index (χ2n) is 6.93. The Morgan fingerprint density at radius 3 is 2.88 bits per heavy atom. The second kappa shape index (κ2) is 6.02. The van der Waals surface area contributed by atoms with Gasteiger partial charge < -0.3 is 13.9 Å². The maximum atomic E-state index is 12.8. The van der Waals surface area contributed by atoms with Crippen molar-refractivity contribution in [2.24, 2.45) is 7.05 Å². The van der Waals surface area contributed by atoms with Crippen molar-refractivity contribution >= 4 is 11.6 Å². The first-order valence-electron chi connectivity index (χ1n) is 8.73. The molecule has 3 aromatic heterocycles. The van der Waals surface area contributed by atoms with E-state index in [1.807, 2.05) is 60.8 Å². The largest absolute Gasteiger partial charge is 0.342 e. The SMILES string of the molecule is Cc1cn(C)c([C@@H]2CCN(C(=O)Cc3c(C)nc4ccccn34)C2)n1. The summed E-state index contributed by atoms with van der Waals surface area (Å²) < 4.78 is 4.10. The number of fused-ring (bicyclic) bond motifs is 1. The lowest BCUT2D eigenvalue weighted by Crippen LogP contribution is -2.30. The fraction of sp³-hybridized carbons (Fsp3) is 0.421. The van der Waals surface area contributed by atoms with E-state index in [9.17, 15) is 4.79 Å². The van der Waals surface area contributed by atoms with Gasteiger partial charge in [-0.2, -0.15) is 0 Å². The molecule has 0 bridgehead atoms. The van der Waals surface area contributed by atoms with Crippen molar-refractivity contribution in [1.82, 2.24) is 23.8 Å². The number of likely N-dealkylation sites (tertiary alicyclic amines) is 1. The fourth-order valence-corrected chi connectivity index (χ4v) is 3.84. The fourth-order valence-electron chi connectivity index (χ4n) is 3.84. The van der Waals surface area contributed by atoms with E-state index in [4.69, 9.17) is 0 Å². The minimum absolute atomic E-state index is 0.169. The van der Waals surface area contributed by atoms with E-state index >= 15 is 0 Å². The number of carbonyl (C=O) groups is 1. The molecule has 25 heavy (non-hydrogen) atoms. The molecule has 4 rings (SSSR count). The van der Waals surface area contributed by atoms with Crippen LogP contribution >= 0.6 is 0 Å². The van der Waals surface area contributed by atoms with E-state index < -0.39 is 0 Å². The van der Waals surface area contributed by atoms with Crippen molar-refractivity contribution < 1.29 is 4.79 Å². The lowest BCUT2D eigenvalue weighted by molar-refractivity contribution is -0.129. The molecule has 1 fully saturated rings. The Labute approximate surface area is 147 Å². The predicted molar refractivity (Wildman–Crippen MR) is 95.5 cm³/mol. The van der Waals surface area contributed by atoms with Crippen LogP contribution in [0.3, 0.4) is 0 Å². The molecular weight excluding hydrogens is 314 g/mol. The molecule has 0 radical (unpaired) electrons. The van der Waals surface area contributed by atoms with Crippen molar-refractivity contribution in [2.75, 3.05) is 13.1 Å². The van der Waals surface area contributed by atoms with Gasteiger partial charge in [-0.25, -0.2) is 9.97 Å². The topological polar surface area (TPSA) is 55.4 Å². The second-order valence-corrected chi connectivity index (χ2v) is 6.93. The van der Waals surface area contributed by atoms with Gasteiger partial charge >= 0.3 is 0 Å². The highest BCUT2D eigenvalue weighted by molar-refractivity contribution is 5.79. The highest BCUT2D eigenvalue weighted by Crippen LogP contribution is 2.27. The summed E-state index contributed by atoms with van der Waals surface area (Å²) in [5.74, 6) is 1.58. The molecule has 130 valence electrons. The minimum Gasteiger partial charge on any atom is -0.342 e. The average Bonchev–Trinajstić information content (AvgIpc) is 3.26. The first-order chi connectivity index (χ1) is 12.0. The molecule has 6 heteroatoms. The van der Waals surface area contributed by atoms with E-state index in [0.29, 0.717) is 12.3 Å². The molecule has 3 aromatic rings. The molecule has 0 aliphatic carbocycles. The number of rotatable bonds is 3. The first kappa shape index (κ1) is 15.9. The quantitative estimate of drug-likeness (QED) is 0.736. The summed E-state index contributed by atoms with van der Waals surface area (Å²) in [4.78, 5) is 24.0. The lowest BCUT2D eigenvalue weighted by atomic mass is 10.1. The molecule has 1 atom stereocenters. The molecule has 0 N–H and O–H groups in total. The number of pyridine rings is 1. The van der Waals surface area contributed by atoms with Crippen LogP contribution < -0.4 is 0 Å². The third-order valence-electron chi connectivity index (χ3n) is 5.09. The number of aryl methyl sites for hydroxylation is 3. The molecular formula is C19H23N5O. The zero-order chi connectivity index (χ0) is 17.6. The zero-order valence-electron chi connectivity index (χ0n) is 14.9. The zero-order valence-corrected chi connectivity index (χ0v) is 14.9. The van der Waals surface area contributed by atoms with Crippen molar-refractivity contribution in [2.45, 2.75) is 32.6 Å². The molecule has 1 aliphatic heterocycles. The van der Waals surface area contributed by atoms with Gasteiger partial charge in [-0.15, -0.1) is 0 Å². The van der Waals surface area contributed by atoms with Crippen LogP contribution in [-0.2, 0) is 18.3 Å². The molecule has 1 aliphatic rings. The average molecular weight is 337 g/mol.